The van der Waals surface area contributed by atoms with E-state index in [2.05, 4.69) is 21.1 Å². The van der Waals surface area contributed by atoms with Crippen molar-refractivity contribution in [2.24, 2.45) is 0 Å². The van der Waals surface area contributed by atoms with Gasteiger partial charge in [-0.2, -0.15) is 0 Å². The van der Waals surface area contributed by atoms with Gasteiger partial charge in [-0.1, -0.05) is 5.16 Å². The van der Waals surface area contributed by atoms with Gasteiger partial charge in [-0.25, -0.2) is 4.79 Å². The molecule has 0 aliphatic rings. The summed E-state index contributed by atoms with van der Waals surface area (Å²) in [6, 6.07) is 3.98. The lowest BCUT2D eigenvalue weighted by atomic mass is 10.1. The average molecular weight is 327 g/mol. The van der Waals surface area contributed by atoms with Crippen LogP contribution >= 0.6 is 15.9 Å². The van der Waals surface area contributed by atoms with Crippen LogP contribution in [0, 0.1) is 17.0 Å². The molecule has 2 aromatic rings. The number of aromatic carboxylic acids is 1. The Morgan fingerprint density at radius 3 is 2.74 bits per heavy atom. The van der Waals surface area contributed by atoms with Gasteiger partial charge in [0.05, 0.1) is 4.92 Å². The van der Waals surface area contributed by atoms with E-state index in [1.165, 1.54) is 25.1 Å². The van der Waals surface area contributed by atoms with Gasteiger partial charge in [-0.3, -0.25) is 10.1 Å². The average Bonchev–Trinajstić information content (AvgIpc) is 2.70. The highest BCUT2D eigenvalue weighted by Crippen LogP contribution is 2.33. The van der Waals surface area contributed by atoms with E-state index in [-0.39, 0.29) is 22.7 Å². The fourth-order valence-corrected chi connectivity index (χ4v) is 2.17. The first-order chi connectivity index (χ1) is 8.91. The molecule has 0 unspecified atom stereocenters. The Balaban J connectivity index is 2.60. The summed E-state index contributed by atoms with van der Waals surface area (Å²) < 4.78 is 5.23. The van der Waals surface area contributed by atoms with Gasteiger partial charge in [-0.05, 0) is 28.9 Å². The molecule has 19 heavy (non-hydrogen) atoms. The number of halogens is 1. The Morgan fingerprint density at radius 2 is 2.21 bits per heavy atom. The van der Waals surface area contributed by atoms with Gasteiger partial charge in [-0.15, -0.1) is 0 Å². The molecule has 0 aliphatic heterocycles. The molecule has 0 saturated carbocycles. The molecule has 98 valence electrons. The number of nitro groups is 1. The second-order valence-corrected chi connectivity index (χ2v) is 4.54. The Kier molecular flexibility index (Phi) is 3.34. The molecule has 0 atom stereocenters. The Labute approximate surface area is 115 Å². The normalized spacial score (nSPS) is 10.4. The van der Waals surface area contributed by atoms with E-state index in [1.54, 1.807) is 0 Å². The molecule has 8 heteroatoms. The Hall–Kier alpha value is -2.22. The van der Waals surface area contributed by atoms with Gasteiger partial charge >= 0.3 is 5.97 Å². The summed E-state index contributed by atoms with van der Waals surface area (Å²) in [6.45, 7) is 1.49. The van der Waals surface area contributed by atoms with Crippen molar-refractivity contribution < 1.29 is 19.3 Å². The topological polar surface area (TPSA) is 106 Å². The molecule has 1 aromatic heterocycles. The molecule has 0 radical (unpaired) electrons. The molecule has 0 aliphatic carbocycles. The van der Waals surface area contributed by atoms with E-state index in [0.29, 0.717) is 10.0 Å². The van der Waals surface area contributed by atoms with Crippen LogP contribution in [0.3, 0.4) is 0 Å². The van der Waals surface area contributed by atoms with E-state index in [0.717, 1.165) is 0 Å². The molecule has 7 nitrogen and oxygen atoms in total. The molecule has 0 spiro atoms. The van der Waals surface area contributed by atoms with Crippen molar-refractivity contribution in [3.63, 3.8) is 0 Å². The summed E-state index contributed by atoms with van der Waals surface area (Å²) in [4.78, 5) is 21.2. The third-order valence-electron chi connectivity index (χ3n) is 2.50. The zero-order chi connectivity index (χ0) is 14.2. The second-order valence-electron chi connectivity index (χ2n) is 3.69. The van der Waals surface area contributed by atoms with Crippen LogP contribution in [0.2, 0.25) is 0 Å². The van der Waals surface area contributed by atoms with Gasteiger partial charge in [0.2, 0.25) is 0 Å². The Bertz CT molecular complexity index is 680. The van der Waals surface area contributed by atoms with Crippen LogP contribution < -0.4 is 0 Å². The lowest BCUT2D eigenvalue weighted by Gasteiger charge is -2.01. The number of carbonyl (C=O) groups is 1. The number of rotatable bonds is 3. The summed E-state index contributed by atoms with van der Waals surface area (Å²) >= 11 is 3.17. The van der Waals surface area contributed by atoms with Crippen molar-refractivity contribution in [3.8, 4) is 11.3 Å². The summed E-state index contributed by atoms with van der Waals surface area (Å²) in [5.74, 6) is -0.994. The van der Waals surface area contributed by atoms with Crippen molar-refractivity contribution in [1.29, 1.82) is 0 Å². The number of benzene rings is 1. The molecule has 0 fully saturated rings. The third kappa shape index (κ3) is 2.34. The van der Waals surface area contributed by atoms with Gasteiger partial charge in [0.15, 0.2) is 0 Å². The van der Waals surface area contributed by atoms with Crippen molar-refractivity contribution in [3.05, 3.63) is 44.1 Å². The molecular weight excluding hydrogens is 320 g/mol. The highest BCUT2D eigenvalue weighted by atomic mass is 79.9. The molecule has 0 bridgehead atoms. The van der Waals surface area contributed by atoms with Gasteiger partial charge < -0.3 is 9.63 Å². The van der Waals surface area contributed by atoms with Crippen molar-refractivity contribution in [1.82, 2.24) is 5.16 Å². The summed E-state index contributed by atoms with van der Waals surface area (Å²) in [5.41, 5.74) is 0.383. The number of aromatic nitrogens is 1. The van der Waals surface area contributed by atoms with E-state index in [4.69, 9.17) is 9.63 Å². The molecule has 0 amide bonds. The summed E-state index contributed by atoms with van der Waals surface area (Å²) in [7, 11) is 0. The summed E-state index contributed by atoms with van der Waals surface area (Å²) in [5, 5.41) is 23.4. The van der Waals surface area contributed by atoms with Crippen molar-refractivity contribution >= 4 is 27.6 Å². The van der Waals surface area contributed by atoms with Crippen molar-refractivity contribution in [2.45, 2.75) is 6.92 Å². The minimum Gasteiger partial charge on any atom is -0.477 e. The number of non-ortho nitro benzene ring substituents is 1. The molecule has 1 aromatic carbocycles. The molecule has 0 saturated heterocycles. The van der Waals surface area contributed by atoms with Crippen LogP contribution in [0.15, 0.2) is 27.2 Å². The number of aryl methyl sites for hydroxylation is 1. The zero-order valence-corrected chi connectivity index (χ0v) is 11.2. The standard InChI is InChI=1S/C11H7BrN2O5/c1-5-9(11(15)16)10(13-19-5)7-3-2-6(14(17)18)4-8(7)12/h2-4H,1H3,(H,15,16). The highest BCUT2D eigenvalue weighted by molar-refractivity contribution is 9.10. The lowest BCUT2D eigenvalue weighted by Crippen LogP contribution is -1.99. The maximum atomic E-state index is 11.1. The monoisotopic (exact) mass is 326 g/mol. The van der Waals surface area contributed by atoms with Crippen LogP contribution in [0.25, 0.3) is 11.3 Å². The first-order valence-electron chi connectivity index (χ1n) is 5.05. The van der Waals surface area contributed by atoms with Crippen LogP contribution in [-0.2, 0) is 0 Å². The third-order valence-corrected chi connectivity index (χ3v) is 3.15. The van der Waals surface area contributed by atoms with Crippen molar-refractivity contribution in [2.75, 3.05) is 0 Å². The Morgan fingerprint density at radius 1 is 1.53 bits per heavy atom. The molecular formula is C11H7BrN2O5. The minimum absolute atomic E-state index is 0.0606. The fraction of sp³-hybridized carbons (Fsp3) is 0.0909. The lowest BCUT2D eigenvalue weighted by molar-refractivity contribution is -0.384. The molecule has 2 rings (SSSR count). The molecule has 1 N–H and O–H groups in total. The number of nitro benzene ring substituents is 1. The SMILES string of the molecule is Cc1onc(-c2ccc([N+](=O)[O-])cc2Br)c1C(=O)O. The number of carboxylic acids is 1. The number of carboxylic acid groups (broad SMARTS) is 1. The second kappa shape index (κ2) is 4.81. The number of hydrogen-bond donors (Lipinski definition) is 1. The van der Waals surface area contributed by atoms with Gasteiger partial charge in [0.25, 0.3) is 5.69 Å². The minimum atomic E-state index is -1.17. The largest absolute Gasteiger partial charge is 0.477 e. The van der Waals surface area contributed by atoms with E-state index < -0.39 is 10.9 Å². The predicted molar refractivity (Wildman–Crippen MR) is 68.0 cm³/mol. The van der Waals surface area contributed by atoms with Crippen LogP contribution in [0.1, 0.15) is 16.1 Å². The number of nitrogens with zero attached hydrogens (tertiary/aromatic N) is 2. The maximum Gasteiger partial charge on any atom is 0.341 e. The fourth-order valence-electron chi connectivity index (χ4n) is 1.62. The predicted octanol–water partition coefficient (Wildman–Crippen LogP) is 3.02. The van der Waals surface area contributed by atoms with Gasteiger partial charge in [0.1, 0.15) is 17.0 Å². The first-order valence-corrected chi connectivity index (χ1v) is 5.85. The van der Waals surface area contributed by atoms with E-state index >= 15 is 0 Å². The van der Waals surface area contributed by atoms with E-state index in [9.17, 15) is 14.9 Å². The van der Waals surface area contributed by atoms with Crippen LogP contribution in [-0.4, -0.2) is 21.2 Å². The molecule has 1 heterocycles. The van der Waals surface area contributed by atoms with Crippen LogP contribution in [0.4, 0.5) is 5.69 Å². The highest BCUT2D eigenvalue weighted by Gasteiger charge is 2.23. The van der Waals surface area contributed by atoms with E-state index in [1.807, 2.05) is 0 Å². The maximum absolute atomic E-state index is 11.1. The zero-order valence-electron chi connectivity index (χ0n) is 9.58. The number of hydrogen-bond acceptors (Lipinski definition) is 5. The smallest absolute Gasteiger partial charge is 0.341 e. The van der Waals surface area contributed by atoms with Crippen LogP contribution in [0.5, 0.6) is 0 Å². The van der Waals surface area contributed by atoms with Gasteiger partial charge in [0, 0.05) is 22.2 Å². The quantitative estimate of drug-likeness (QED) is 0.686. The summed E-state index contributed by atoms with van der Waals surface area (Å²) in [6.07, 6.45) is 0. The first kappa shape index (κ1) is 13.2.